The Bertz CT molecular complexity index is 296. The summed E-state index contributed by atoms with van der Waals surface area (Å²) in [5, 5.41) is 0. The molecule has 0 heterocycles. The normalized spacial score (nSPS) is 9.64. The molecule has 1 aromatic carbocycles. The highest BCUT2D eigenvalue weighted by Gasteiger charge is 2.01. The molecule has 2 N–H and O–H groups in total. The van der Waals surface area contributed by atoms with E-state index >= 15 is 0 Å². The Balaban J connectivity index is 3.31. The first-order chi connectivity index (χ1) is 5.15. The first-order valence-corrected chi connectivity index (χ1v) is 3.81. The van der Waals surface area contributed by atoms with Gasteiger partial charge in [0, 0.05) is 4.47 Å². The third kappa shape index (κ3) is 1.60. The van der Waals surface area contributed by atoms with Gasteiger partial charge in [0.05, 0.1) is 5.69 Å². The van der Waals surface area contributed by atoms with Gasteiger partial charge < -0.3 is 5.73 Å². The zero-order valence-electron chi connectivity index (χ0n) is 5.77. The van der Waals surface area contributed by atoms with Crippen molar-refractivity contribution in [2.24, 2.45) is 0 Å². The number of anilines is 1. The first kappa shape index (κ1) is 8.27. The molecule has 58 valence electrons. The minimum atomic E-state index is -0.414. The van der Waals surface area contributed by atoms with Crippen molar-refractivity contribution in [3.63, 3.8) is 0 Å². The van der Waals surface area contributed by atoms with Crippen molar-refractivity contribution in [3.05, 3.63) is 34.6 Å². The van der Waals surface area contributed by atoms with E-state index < -0.39 is 5.82 Å². The van der Waals surface area contributed by atoms with E-state index in [4.69, 9.17) is 5.73 Å². The predicted octanol–water partition coefficient (Wildman–Crippen LogP) is 2.81. The predicted molar refractivity (Wildman–Crippen MR) is 48.6 cm³/mol. The highest BCUT2D eigenvalue weighted by molar-refractivity contribution is 9.10. The molecule has 0 bridgehead atoms. The number of benzene rings is 1. The summed E-state index contributed by atoms with van der Waals surface area (Å²) >= 11 is 3.17. The molecular formula is C8H7BrFN. The van der Waals surface area contributed by atoms with Gasteiger partial charge >= 0.3 is 0 Å². The highest BCUT2D eigenvalue weighted by Crippen LogP contribution is 2.23. The molecule has 0 atom stereocenters. The summed E-state index contributed by atoms with van der Waals surface area (Å²) in [5.41, 5.74) is 6.26. The van der Waals surface area contributed by atoms with E-state index in [9.17, 15) is 4.39 Å². The number of halogens is 2. The zero-order valence-corrected chi connectivity index (χ0v) is 7.36. The van der Waals surface area contributed by atoms with Crippen LogP contribution in [0.1, 0.15) is 5.56 Å². The molecule has 0 aromatic heterocycles. The van der Waals surface area contributed by atoms with Crippen LogP contribution in [0.2, 0.25) is 0 Å². The van der Waals surface area contributed by atoms with Gasteiger partial charge in [0.1, 0.15) is 5.82 Å². The molecule has 0 fully saturated rings. The second-order valence-electron chi connectivity index (χ2n) is 2.10. The smallest absolute Gasteiger partial charge is 0.147 e. The Morgan fingerprint density at radius 2 is 2.18 bits per heavy atom. The maximum atomic E-state index is 12.7. The fraction of sp³-hybridized carbons (Fsp3) is 0. The zero-order chi connectivity index (χ0) is 8.43. The van der Waals surface area contributed by atoms with Crippen LogP contribution in [0.15, 0.2) is 23.2 Å². The van der Waals surface area contributed by atoms with Crippen molar-refractivity contribution in [2.75, 3.05) is 5.73 Å². The molecule has 0 saturated carbocycles. The Morgan fingerprint density at radius 3 is 2.73 bits per heavy atom. The summed E-state index contributed by atoms with van der Waals surface area (Å²) in [4.78, 5) is 0. The van der Waals surface area contributed by atoms with Gasteiger partial charge in [0.15, 0.2) is 0 Å². The molecule has 0 radical (unpaired) electrons. The Morgan fingerprint density at radius 1 is 1.55 bits per heavy atom. The molecule has 0 aliphatic carbocycles. The molecule has 0 unspecified atom stereocenters. The number of hydrogen-bond donors (Lipinski definition) is 1. The Hall–Kier alpha value is -0.830. The summed E-state index contributed by atoms with van der Waals surface area (Å²) in [7, 11) is 0. The van der Waals surface area contributed by atoms with Crippen LogP contribution in [0.5, 0.6) is 0 Å². The first-order valence-electron chi connectivity index (χ1n) is 3.02. The summed E-state index contributed by atoms with van der Waals surface area (Å²) in [5.74, 6) is -0.414. The molecule has 1 aromatic rings. The van der Waals surface area contributed by atoms with E-state index in [0.717, 1.165) is 5.56 Å². The lowest BCUT2D eigenvalue weighted by Crippen LogP contribution is -1.91. The maximum Gasteiger partial charge on any atom is 0.147 e. The third-order valence-corrected chi connectivity index (χ3v) is 2.02. The largest absolute Gasteiger partial charge is 0.396 e. The minimum Gasteiger partial charge on any atom is -0.396 e. The number of nitrogens with two attached hydrogens (primary N) is 1. The molecule has 0 aliphatic heterocycles. The SMILES string of the molecule is C=Cc1cc(N)c(F)cc1Br. The van der Waals surface area contributed by atoms with E-state index in [2.05, 4.69) is 22.5 Å². The van der Waals surface area contributed by atoms with Gasteiger partial charge in [0.25, 0.3) is 0 Å². The molecule has 1 rings (SSSR count). The van der Waals surface area contributed by atoms with E-state index in [1.54, 1.807) is 6.08 Å². The number of nitrogen functional groups attached to an aromatic ring is 1. The number of hydrogen-bond acceptors (Lipinski definition) is 1. The van der Waals surface area contributed by atoms with Crippen LogP contribution in [0.25, 0.3) is 6.08 Å². The van der Waals surface area contributed by atoms with Crippen molar-refractivity contribution in [3.8, 4) is 0 Å². The molecular weight excluding hydrogens is 209 g/mol. The quantitative estimate of drug-likeness (QED) is 0.717. The fourth-order valence-electron chi connectivity index (χ4n) is 0.740. The number of rotatable bonds is 1. The van der Waals surface area contributed by atoms with Crippen molar-refractivity contribution >= 4 is 27.7 Å². The molecule has 1 nitrogen and oxygen atoms in total. The minimum absolute atomic E-state index is 0.142. The van der Waals surface area contributed by atoms with Gasteiger partial charge in [-0.05, 0) is 17.7 Å². The van der Waals surface area contributed by atoms with Gasteiger partial charge in [-0.1, -0.05) is 28.6 Å². The summed E-state index contributed by atoms with van der Waals surface area (Å²) in [6, 6.07) is 2.86. The van der Waals surface area contributed by atoms with Crippen LogP contribution < -0.4 is 5.73 Å². The lowest BCUT2D eigenvalue weighted by Gasteiger charge is -2.00. The average Bonchev–Trinajstić information content (AvgIpc) is 1.97. The van der Waals surface area contributed by atoms with Crippen LogP contribution >= 0.6 is 15.9 Å². The van der Waals surface area contributed by atoms with Crippen LogP contribution in [0, 0.1) is 5.82 Å². The lowest BCUT2D eigenvalue weighted by atomic mass is 10.2. The van der Waals surface area contributed by atoms with Gasteiger partial charge in [-0.3, -0.25) is 0 Å². The standard InChI is InChI=1S/C8H7BrFN/c1-2-5-3-8(11)7(10)4-6(5)9/h2-4H,1,11H2. The van der Waals surface area contributed by atoms with Gasteiger partial charge in [0.2, 0.25) is 0 Å². The van der Waals surface area contributed by atoms with Crippen molar-refractivity contribution in [2.45, 2.75) is 0 Å². The molecule has 0 spiro atoms. The fourth-order valence-corrected chi connectivity index (χ4v) is 1.22. The Kier molecular flexibility index (Phi) is 2.29. The maximum absolute atomic E-state index is 12.7. The van der Waals surface area contributed by atoms with Gasteiger partial charge in [-0.25, -0.2) is 4.39 Å². The van der Waals surface area contributed by atoms with E-state index in [1.807, 2.05) is 0 Å². The van der Waals surface area contributed by atoms with Crippen molar-refractivity contribution < 1.29 is 4.39 Å². The molecule has 0 amide bonds. The highest BCUT2D eigenvalue weighted by atomic mass is 79.9. The van der Waals surface area contributed by atoms with E-state index in [1.165, 1.54) is 12.1 Å². The molecule has 11 heavy (non-hydrogen) atoms. The van der Waals surface area contributed by atoms with Crippen LogP contribution in [-0.2, 0) is 0 Å². The van der Waals surface area contributed by atoms with Crippen LogP contribution in [0.3, 0.4) is 0 Å². The van der Waals surface area contributed by atoms with Gasteiger partial charge in [-0.15, -0.1) is 0 Å². The molecule has 0 aliphatic rings. The van der Waals surface area contributed by atoms with Crippen molar-refractivity contribution in [1.29, 1.82) is 0 Å². The van der Waals surface area contributed by atoms with Gasteiger partial charge in [-0.2, -0.15) is 0 Å². The van der Waals surface area contributed by atoms with Crippen molar-refractivity contribution in [1.82, 2.24) is 0 Å². The lowest BCUT2D eigenvalue weighted by molar-refractivity contribution is 0.631. The topological polar surface area (TPSA) is 26.0 Å². The van der Waals surface area contributed by atoms with Crippen LogP contribution in [-0.4, -0.2) is 0 Å². The third-order valence-electron chi connectivity index (χ3n) is 1.34. The summed E-state index contributed by atoms with van der Waals surface area (Å²) < 4.78 is 13.4. The molecule has 0 saturated heterocycles. The van der Waals surface area contributed by atoms with Crippen LogP contribution in [0.4, 0.5) is 10.1 Å². The van der Waals surface area contributed by atoms with E-state index in [0.29, 0.717) is 4.47 Å². The second kappa shape index (κ2) is 3.05. The second-order valence-corrected chi connectivity index (χ2v) is 2.95. The summed E-state index contributed by atoms with van der Waals surface area (Å²) in [6.07, 6.45) is 1.61. The van der Waals surface area contributed by atoms with E-state index in [-0.39, 0.29) is 5.69 Å². The molecule has 3 heteroatoms. The average molecular weight is 216 g/mol. The monoisotopic (exact) mass is 215 g/mol. The Labute approximate surface area is 72.8 Å². The summed E-state index contributed by atoms with van der Waals surface area (Å²) in [6.45, 7) is 3.55.